The molecule has 6 aromatic carbocycles. The topological polar surface area (TPSA) is 64.1 Å². The molecule has 0 radical (unpaired) electrons. The second kappa shape index (κ2) is 11.9. The zero-order chi connectivity index (χ0) is 34.7. The highest BCUT2D eigenvalue weighted by molar-refractivity contribution is 6.11. The Bertz CT molecular complexity index is 2740. The maximum atomic E-state index is 11.5. The minimum Gasteiger partial charge on any atom is -0.507 e. The van der Waals surface area contributed by atoms with Crippen LogP contribution in [-0.2, 0) is 5.41 Å². The zero-order valence-corrected chi connectivity index (χ0v) is 28.6. The van der Waals surface area contributed by atoms with Crippen LogP contribution in [0.2, 0.25) is 0 Å². The number of furan rings is 1. The van der Waals surface area contributed by atoms with Gasteiger partial charge < -0.3 is 9.52 Å². The number of phenols is 1. The number of para-hydroxylation sites is 3. The molecule has 246 valence electrons. The molecule has 0 aliphatic carbocycles. The summed E-state index contributed by atoms with van der Waals surface area (Å²) in [6, 6.07) is 49.5. The lowest BCUT2D eigenvalue weighted by atomic mass is 9.83. The third-order valence-corrected chi connectivity index (χ3v) is 9.72. The molecule has 0 atom stereocenters. The molecule has 51 heavy (non-hydrogen) atoms. The highest BCUT2D eigenvalue weighted by Crippen LogP contribution is 2.44. The van der Waals surface area contributed by atoms with E-state index >= 15 is 0 Å². The van der Waals surface area contributed by atoms with Crippen LogP contribution in [0.5, 0.6) is 5.75 Å². The summed E-state index contributed by atoms with van der Waals surface area (Å²) in [6.07, 6.45) is 1.89. The van der Waals surface area contributed by atoms with Gasteiger partial charge in [-0.15, -0.1) is 0 Å². The summed E-state index contributed by atoms with van der Waals surface area (Å²) in [6.45, 7) is 6.72. The smallest absolute Gasteiger partial charge is 0.153 e. The van der Waals surface area contributed by atoms with Gasteiger partial charge in [0, 0.05) is 33.8 Å². The van der Waals surface area contributed by atoms with Crippen LogP contribution in [0.15, 0.2) is 156 Å². The molecular weight excluding hydrogens is 627 g/mol. The lowest BCUT2D eigenvalue weighted by Gasteiger charge is -2.22. The monoisotopic (exact) mass is 661 g/mol. The number of rotatable bonds is 5. The van der Waals surface area contributed by atoms with E-state index in [1.807, 2.05) is 60.8 Å². The summed E-state index contributed by atoms with van der Waals surface area (Å²) >= 11 is 0. The lowest BCUT2D eigenvalue weighted by molar-refractivity contribution is 0.476. The van der Waals surface area contributed by atoms with E-state index in [1.165, 1.54) is 5.56 Å². The fourth-order valence-corrected chi connectivity index (χ4v) is 7.10. The van der Waals surface area contributed by atoms with E-state index in [1.54, 1.807) is 6.07 Å². The molecule has 0 unspecified atom stereocenters. The second-order valence-corrected chi connectivity index (χ2v) is 14.1. The van der Waals surface area contributed by atoms with Crippen molar-refractivity contribution in [1.82, 2.24) is 14.5 Å². The number of hydrogen-bond donors (Lipinski definition) is 1. The third-order valence-electron chi connectivity index (χ3n) is 9.72. The second-order valence-electron chi connectivity index (χ2n) is 14.1. The maximum absolute atomic E-state index is 11.5. The molecule has 0 aliphatic heterocycles. The Balaban J connectivity index is 1.31. The molecule has 9 aromatic rings. The molecule has 3 aromatic heterocycles. The van der Waals surface area contributed by atoms with Gasteiger partial charge in [0.1, 0.15) is 22.5 Å². The fraction of sp³-hybridized carbons (Fsp3) is 0.0870. The van der Waals surface area contributed by atoms with Gasteiger partial charge >= 0.3 is 0 Å². The quantitative estimate of drug-likeness (QED) is 0.199. The predicted octanol–water partition coefficient (Wildman–Crippen LogP) is 12.0. The van der Waals surface area contributed by atoms with Crippen LogP contribution >= 0.6 is 0 Å². The number of aromatic nitrogens is 3. The Kier molecular flexibility index (Phi) is 7.11. The van der Waals surface area contributed by atoms with Crippen LogP contribution < -0.4 is 0 Å². The summed E-state index contributed by atoms with van der Waals surface area (Å²) in [5.74, 6) is 0.715. The van der Waals surface area contributed by atoms with Gasteiger partial charge in [0.05, 0.1) is 16.7 Å². The number of pyridine rings is 1. The molecule has 0 saturated carbocycles. The van der Waals surface area contributed by atoms with Gasteiger partial charge in [0.15, 0.2) is 5.82 Å². The van der Waals surface area contributed by atoms with Gasteiger partial charge in [0.25, 0.3) is 0 Å². The molecule has 3 heterocycles. The molecule has 1 N–H and O–H groups in total. The Labute approximate surface area is 296 Å². The van der Waals surface area contributed by atoms with Gasteiger partial charge in [-0.3, -0.25) is 9.55 Å². The average Bonchev–Trinajstić information content (AvgIpc) is 3.73. The Hall–Kier alpha value is -6.46. The van der Waals surface area contributed by atoms with Gasteiger partial charge in [-0.1, -0.05) is 106 Å². The van der Waals surface area contributed by atoms with E-state index < -0.39 is 0 Å². The molecular formula is C46H35N3O2. The number of benzene rings is 6. The molecule has 0 fully saturated rings. The molecule has 5 nitrogen and oxygen atoms in total. The van der Waals surface area contributed by atoms with Gasteiger partial charge in [-0.2, -0.15) is 0 Å². The van der Waals surface area contributed by atoms with Crippen molar-refractivity contribution in [2.24, 2.45) is 0 Å². The van der Waals surface area contributed by atoms with Gasteiger partial charge in [-0.25, -0.2) is 4.98 Å². The van der Waals surface area contributed by atoms with Gasteiger partial charge in [-0.05, 0) is 88.3 Å². The van der Waals surface area contributed by atoms with E-state index in [4.69, 9.17) is 14.4 Å². The highest BCUT2D eigenvalue weighted by atomic mass is 16.3. The minimum atomic E-state index is -0.118. The van der Waals surface area contributed by atoms with Crippen LogP contribution in [0.3, 0.4) is 0 Å². The van der Waals surface area contributed by atoms with Crippen LogP contribution in [0.4, 0.5) is 0 Å². The molecule has 0 aliphatic rings. The van der Waals surface area contributed by atoms with Crippen molar-refractivity contribution >= 4 is 33.0 Å². The first-order valence-corrected chi connectivity index (χ1v) is 17.2. The molecule has 0 amide bonds. The molecule has 0 spiro atoms. The van der Waals surface area contributed by atoms with Crippen LogP contribution in [-0.4, -0.2) is 19.6 Å². The summed E-state index contributed by atoms with van der Waals surface area (Å²) < 4.78 is 8.58. The van der Waals surface area contributed by atoms with E-state index in [0.717, 1.165) is 66.6 Å². The summed E-state index contributed by atoms with van der Waals surface area (Å²) in [5.41, 5.74) is 12.0. The van der Waals surface area contributed by atoms with Crippen molar-refractivity contribution < 1.29 is 9.52 Å². The minimum absolute atomic E-state index is 0.108. The number of nitrogens with zero attached hydrogens (tertiary/aromatic N) is 3. The average molecular weight is 662 g/mol. The Morgan fingerprint density at radius 1 is 0.627 bits per heavy atom. The molecule has 9 rings (SSSR count). The van der Waals surface area contributed by atoms with Crippen molar-refractivity contribution in [3.8, 4) is 56.3 Å². The molecule has 0 saturated heterocycles. The predicted molar refractivity (Wildman–Crippen MR) is 208 cm³/mol. The van der Waals surface area contributed by atoms with Crippen molar-refractivity contribution in [2.45, 2.75) is 26.2 Å². The fourth-order valence-electron chi connectivity index (χ4n) is 7.10. The van der Waals surface area contributed by atoms with E-state index in [2.05, 4.69) is 110 Å². The maximum Gasteiger partial charge on any atom is 0.153 e. The van der Waals surface area contributed by atoms with Crippen molar-refractivity contribution in [3.05, 3.63) is 157 Å². The highest BCUT2D eigenvalue weighted by Gasteiger charge is 2.25. The van der Waals surface area contributed by atoms with E-state index in [0.29, 0.717) is 17.0 Å². The van der Waals surface area contributed by atoms with Crippen molar-refractivity contribution in [1.29, 1.82) is 0 Å². The first-order chi connectivity index (χ1) is 24.8. The number of imidazole rings is 1. The number of phenolic OH excluding ortho intramolecular Hbond substituents is 1. The number of aromatic hydroxyl groups is 1. The molecule has 5 heteroatoms. The number of hydrogen-bond acceptors (Lipinski definition) is 4. The first kappa shape index (κ1) is 30.6. The largest absolute Gasteiger partial charge is 0.507 e. The first-order valence-electron chi connectivity index (χ1n) is 17.2. The van der Waals surface area contributed by atoms with Crippen LogP contribution in [0.1, 0.15) is 26.3 Å². The summed E-state index contributed by atoms with van der Waals surface area (Å²) in [5, 5.41) is 13.5. The SMILES string of the molecule is CC(C)(C)c1cc(-c2cc(-c3ccccc3)ccn2)cc(-c2cccc3c2nc(-c2c(O)ccc4c2oc2ccccc24)n3-c2ccccc2)c1. The van der Waals surface area contributed by atoms with Crippen molar-refractivity contribution in [2.75, 3.05) is 0 Å². The summed E-state index contributed by atoms with van der Waals surface area (Å²) in [4.78, 5) is 10.2. The van der Waals surface area contributed by atoms with Crippen LogP contribution in [0, 0.1) is 0 Å². The van der Waals surface area contributed by atoms with Gasteiger partial charge in [0.2, 0.25) is 0 Å². The standard InChI is InChI=1S/C46H35N3O2/c1-46(2,3)33-26-31(25-32(27-33)38-28-30(23-24-47-38)29-13-6-4-7-14-29)35-18-12-19-39-43(35)48-45(49(39)34-15-8-5-9-16-34)42-40(50)22-21-37-36-17-10-11-20-41(36)51-44(37)42/h4-28,50H,1-3H3. The zero-order valence-electron chi connectivity index (χ0n) is 28.6. The Morgan fingerprint density at radius 2 is 1.37 bits per heavy atom. The lowest BCUT2D eigenvalue weighted by Crippen LogP contribution is -2.11. The Morgan fingerprint density at radius 3 is 2.18 bits per heavy atom. The molecule has 0 bridgehead atoms. The number of fused-ring (bicyclic) bond motifs is 4. The van der Waals surface area contributed by atoms with Crippen molar-refractivity contribution in [3.63, 3.8) is 0 Å². The third kappa shape index (κ3) is 5.26. The van der Waals surface area contributed by atoms with E-state index in [-0.39, 0.29) is 11.2 Å². The van der Waals surface area contributed by atoms with Crippen LogP contribution in [0.25, 0.3) is 83.6 Å². The normalized spacial score (nSPS) is 11.9. The summed E-state index contributed by atoms with van der Waals surface area (Å²) in [7, 11) is 0. The van der Waals surface area contributed by atoms with E-state index in [9.17, 15) is 5.11 Å².